The van der Waals surface area contributed by atoms with Gasteiger partial charge in [-0.1, -0.05) is 12.1 Å². The van der Waals surface area contributed by atoms with Crippen LogP contribution in [0.4, 0.5) is 5.13 Å². The first-order valence-electron chi connectivity index (χ1n) is 7.04. The van der Waals surface area contributed by atoms with Crippen LogP contribution in [0.15, 0.2) is 52.9 Å². The number of anilines is 1. The Morgan fingerprint density at radius 1 is 1.17 bits per heavy atom. The van der Waals surface area contributed by atoms with Crippen LogP contribution < -0.4 is 9.46 Å². The van der Waals surface area contributed by atoms with Crippen LogP contribution in [-0.2, 0) is 10.0 Å². The first-order chi connectivity index (χ1) is 11.5. The van der Waals surface area contributed by atoms with Gasteiger partial charge in [0.25, 0.3) is 10.0 Å². The molecule has 3 rings (SSSR count). The van der Waals surface area contributed by atoms with Crippen LogP contribution >= 0.6 is 11.3 Å². The number of sulfonamides is 1. The lowest BCUT2D eigenvalue weighted by Gasteiger charge is -2.10. The Hall–Kier alpha value is -2.45. The lowest BCUT2D eigenvalue weighted by atomic mass is 10.2. The Balaban J connectivity index is 1.91. The molecule has 0 unspecified atom stereocenters. The van der Waals surface area contributed by atoms with E-state index in [9.17, 15) is 8.42 Å². The monoisotopic (exact) mass is 361 g/mol. The van der Waals surface area contributed by atoms with Crippen molar-refractivity contribution in [3.63, 3.8) is 0 Å². The van der Waals surface area contributed by atoms with Gasteiger partial charge in [0.15, 0.2) is 5.13 Å². The van der Waals surface area contributed by atoms with Gasteiger partial charge in [-0.25, -0.2) is 13.4 Å². The molecule has 1 N–H and O–H groups in total. The summed E-state index contributed by atoms with van der Waals surface area (Å²) in [5, 5.41) is 2.03. The summed E-state index contributed by atoms with van der Waals surface area (Å²) in [4.78, 5) is 8.58. The Morgan fingerprint density at radius 3 is 2.71 bits per heavy atom. The number of pyridine rings is 1. The zero-order chi connectivity index (χ0) is 17.2. The molecule has 2 aromatic heterocycles. The second-order valence-electron chi connectivity index (χ2n) is 5.01. The van der Waals surface area contributed by atoms with Crippen molar-refractivity contribution in [3.8, 4) is 17.1 Å². The molecular formula is C16H15N3O3S2. The molecule has 6 nitrogen and oxygen atoms in total. The van der Waals surface area contributed by atoms with Crippen molar-refractivity contribution in [1.29, 1.82) is 0 Å². The fourth-order valence-corrected chi connectivity index (χ4v) is 4.33. The SMILES string of the molecule is COc1ccc(C)cc1S(=O)(=O)Nc1nc(-c2ccccn2)cs1. The third-order valence-corrected chi connectivity index (χ3v) is 5.51. The highest BCUT2D eigenvalue weighted by Crippen LogP contribution is 2.29. The summed E-state index contributed by atoms with van der Waals surface area (Å²) in [5.74, 6) is 0.287. The zero-order valence-electron chi connectivity index (χ0n) is 13.1. The van der Waals surface area contributed by atoms with Crippen LogP contribution in [0.5, 0.6) is 5.75 Å². The van der Waals surface area contributed by atoms with Crippen LogP contribution in [-0.4, -0.2) is 25.5 Å². The van der Waals surface area contributed by atoms with Crippen LogP contribution in [0.2, 0.25) is 0 Å². The van der Waals surface area contributed by atoms with Gasteiger partial charge in [-0.2, -0.15) is 0 Å². The quantitative estimate of drug-likeness (QED) is 0.754. The van der Waals surface area contributed by atoms with E-state index < -0.39 is 10.0 Å². The van der Waals surface area contributed by atoms with Gasteiger partial charge in [0.1, 0.15) is 16.3 Å². The van der Waals surface area contributed by atoms with E-state index in [1.807, 2.05) is 25.1 Å². The van der Waals surface area contributed by atoms with Gasteiger partial charge in [0, 0.05) is 11.6 Å². The minimum absolute atomic E-state index is 0.0830. The smallest absolute Gasteiger partial charge is 0.267 e. The Morgan fingerprint density at radius 2 is 2.00 bits per heavy atom. The third kappa shape index (κ3) is 3.39. The van der Waals surface area contributed by atoms with Gasteiger partial charge in [0.05, 0.1) is 12.8 Å². The minimum Gasteiger partial charge on any atom is -0.495 e. The molecule has 0 atom stereocenters. The fourth-order valence-electron chi connectivity index (χ4n) is 2.12. The van der Waals surface area contributed by atoms with Crippen molar-refractivity contribution >= 4 is 26.5 Å². The molecule has 2 heterocycles. The molecule has 3 aromatic rings. The third-order valence-electron chi connectivity index (χ3n) is 3.26. The number of thiazole rings is 1. The molecule has 24 heavy (non-hydrogen) atoms. The van der Waals surface area contributed by atoms with Crippen molar-refractivity contribution in [1.82, 2.24) is 9.97 Å². The number of nitrogens with one attached hydrogen (secondary N) is 1. The lowest BCUT2D eigenvalue weighted by Crippen LogP contribution is -2.14. The molecule has 0 fully saturated rings. The second kappa shape index (κ2) is 6.58. The Bertz CT molecular complexity index is 954. The number of hydrogen-bond acceptors (Lipinski definition) is 6. The van der Waals surface area contributed by atoms with Crippen molar-refractivity contribution in [2.75, 3.05) is 11.8 Å². The predicted octanol–water partition coefficient (Wildman–Crippen LogP) is 3.32. The average molecular weight is 361 g/mol. The maximum atomic E-state index is 12.6. The normalized spacial score (nSPS) is 11.2. The van der Waals surface area contributed by atoms with E-state index >= 15 is 0 Å². The largest absolute Gasteiger partial charge is 0.495 e. The molecule has 0 spiro atoms. The molecule has 0 amide bonds. The first-order valence-corrected chi connectivity index (χ1v) is 9.40. The van der Waals surface area contributed by atoms with E-state index in [1.54, 1.807) is 29.8 Å². The van der Waals surface area contributed by atoms with Crippen molar-refractivity contribution < 1.29 is 13.2 Å². The molecule has 0 aliphatic carbocycles. The number of methoxy groups -OCH3 is 1. The number of hydrogen-bond donors (Lipinski definition) is 1. The number of nitrogens with zero attached hydrogens (tertiary/aromatic N) is 2. The van der Waals surface area contributed by atoms with Crippen LogP contribution in [0.25, 0.3) is 11.4 Å². The number of benzene rings is 1. The lowest BCUT2D eigenvalue weighted by molar-refractivity contribution is 0.402. The molecular weight excluding hydrogens is 346 g/mol. The van der Waals surface area contributed by atoms with Gasteiger partial charge >= 0.3 is 0 Å². The molecule has 1 aromatic carbocycles. The first kappa shape index (κ1) is 16.4. The van der Waals surface area contributed by atoms with Crippen molar-refractivity contribution in [2.24, 2.45) is 0 Å². The predicted molar refractivity (Wildman–Crippen MR) is 93.9 cm³/mol. The molecule has 0 saturated carbocycles. The second-order valence-corrected chi connectivity index (χ2v) is 7.52. The number of aromatic nitrogens is 2. The summed E-state index contributed by atoms with van der Waals surface area (Å²) in [6.07, 6.45) is 1.66. The molecule has 8 heteroatoms. The summed E-state index contributed by atoms with van der Waals surface area (Å²) in [7, 11) is -2.36. The van der Waals surface area contributed by atoms with E-state index in [1.165, 1.54) is 18.4 Å². The number of aryl methyl sites for hydroxylation is 1. The van der Waals surface area contributed by atoms with Gasteiger partial charge in [-0.05, 0) is 36.8 Å². The van der Waals surface area contributed by atoms with E-state index in [0.29, 0.717) is 11.4 Å². The average Bonchev–Trinajstić information content (AvgIpc) is 3.03. The van der Waals surface area contributed by atoms with E-state index in [2.05, 4.69) is 14.7 Å². The Labute approximate surface area is 144 Å². The van der Waals surface area contributed by atoms with Crippen LogP contribution in [0, 0.1) is 6.92 Å². The Kier molecular flexibility index (Phi) is 4.50. The highest BCUT2D eigenvalue weighted by atomic mass is 32.2. The number of ether oxygens (including phenoxy) is 1. The summed E-state index contributed by atoms with van der Waals surface area (Å²) in [6.45, 7) is 1.82. The summed E-state index contributed by atoms with van der Waals surface area (Å²) in [6, 6.07) is 10.5. The highest BCUT2D eigenvalue weighted by molar-refractivity contribution is 7.93. The topological polar surface area (TPSA) is 81.2 Å². The van der Waals surface area contributed by atoms with Crippen LogP contribution in [0.1, 0.15) is 5.56 Å². The molecule has 0 radical (unpaired) electrons. The highest BCUT2D eigenvalue weighted by Gasteiger charge is 2.21. The van der Waals surface area contributed by atoms with Gasteiger partial charge in [-0.15, -0.1) is 11.3 Å². The summed E-state index contributed by atoms with van der Waals surface area (Å²) < 4.78 is 32.9. The van der Waals surface area contributed by atoms with E-state index in [-0.39, 0.29) is 15.8 Å². The maximum absolute atomic E-state index is 12.6. The van der Waals surface area contributed by atoms with Crippen LogP contribution in [0.3, 0.4) is 0 Å². The summed E-state index contributed by atoms with van der Waals surface area (Å²) >= 11 is 1.20. The van der Waals surface area contributed by atoms with Gasteiger partial charge in [0.2, 0.25) is 0 Å². The molecule has 0 aliphatic rings. The fraction of sp³-hybridized carbons (Fsp3) is 0.125. The van der Waals surface area contributed by atoms with Crippen molar-refractivity contribution in [2.45, 2.75) is 11.8 Å². The van der Waals surface area contributed by atoms with E-state index in [0.717, 1.165) is 5.56 Å². The minimum atomic E-state index is -3.79. The summed E-state index contributed by atoms with van der Waals surface area (Å²) in [5.41, 5.74) is 2.13. The molecule has 124 valence electrons. The number of rotatable bonds is 5. The molecule has 0 saturated heterocycles. The molecule has 0 bridgehead atoms. The van der Waals surface area contributed by atoms with Gasteiger partial charge in [-0.3, -0.25) is 9.71 Å². The zero-order valence-corrected chi connectivity index (χ0v) is 14.7. The van der Waals surface area contributed by atoms with Crippen molar-refractivity contribution in [3.05, 3.63) is 53.5 Å². The standard InChI is InChI=1S/C16H15N3O3S2/c1-11-6-7-14(22-2)15(9-11)24(20,21)19-16-18-13(10-23-16)12-5-3-4-8-17-12/h3-10H,1-2H3,(H,18,19). The van der Waals surface area contributed by atoms with E-state index in [4.69, 9.17) is 4.74 Å². The molecule has 0 aliphatic heterocycles. The maximum Gasteiger partial charge on any atom is 0.267 e. The van der Waals surface area contributed by atoms with Gasteiger partial charge < -0.3 is 4.74 Å².